The molecule has 11 heteroatoms. The average molecular weight is 454 g/mol. The van der Waals surface area contributed by atoms with E-state index in [-0.39, 0.29) is 12.5 Å². The Bertz CT molecular complexity index is 1230. The molecule has 1 unspecified atom stereocenters. The van der Waals surface area contributed by atoms with Crippen molar-refractivity contribution in [1.29, 1.82) is 0 Å². The van der Waals surface area contributed by atoms with Gasteiger partial charge in [0.2, 0.25) is 5.91 Å². The monoisotopic (exact) mass is 454 g/mol. The standard InChI is InChI=1S/C22H26N6O5/c1-25-20(29)9-12-28(22(25)31)19-8-11-27(21(19)30)17-4-6-18(7-5-17)33-15-16-14-26(24-23-16)10-3-13-32-2/h4-7,9,12,14,19H,3,8,10-11,13,15H2,1-2H3. The molecule has 1 aromatic carbocycles. The molecule has 1 amide bonds. The van der Waals surface area contributed by atoms with E-state index in [1.54, 1.807) is 41.0 Å². The highest BCUT2D eigenvalue weighted by atomic mass is 16.5. The van der Waals surface area contributed by atoms with E-state index in [1.165, 1.54) is 23.9 Å². The van der Waals surface area contributed by atoms with Crippen LogP contribution in [0.3, 0.4) is 0 Å². The van der Waals surface area contributed by atoms with Gasteiger partial charge in [-0.1, -0.05) is 5.21 Å². The Morgan fingerprint density at radius 1 is 1.12 bits per heavy atom. The van der Waals surface area contributed by atoms with E-state index in [9.17, 15) is 14.4 Å². The van der Waals surface area contributed by atoms with Crippen molar-refractivity contribution in [1.82, 2.24) is 24.1 Å². The van der Waals surface area contributed by atoms with Gasteiger partial charge < -0.3 is 14.4 Å². The lowest BCUT2D eigenvalue weighted by molar-refractivity contribution is -0.119. The minimum Gasteiger partial charge on any atom is -0.487 e. The molecule has 1 saturated heterocycles. The van der Waals surface area contributed by atoms with E-state index >= 15 is 0 Å². The zero-order valence-electron chi connectivity index (χ0n) is 18.6. The maximum absolute atomic E-state index is 13.0. The number of methoxy groups -OCH3 is 1. The van der Waals surface area contributed by atoms with Crippen LogP contribution < -0.4 is 20.9 Å². The Morgan fingerprint density at radius 3 is 2.67 bits per heavy atom. The van der Waals surface area contributed by atoms with Gasteiger partial charge in [-0.05, 0) is 37.1 Å². The van der Waals surface area contributed by atoms with Gasteiger partial charge in [0.05, 0.1) is 6.20 Å². The fourth-order valence-corrected chi connectivity index (χ4v) is 3.77. The number of carbonyl (C=O) groups excluding carboxylic acids is 1. The first-order chi connectivity index (χ1) is 16.0. The maximum Gasteiger partial charge on any atom is 0.331 e. The van der Waals surface area contributed by atoms with E-state index in [2.05, 4.69) is 10.3 Å². The highest BCUT2D eigenvalue weighted by Gasteiger charge is 2.34. The molecule has 11 nitrogen and oxygen atoms in total. The molecule has 3 aromatic rings. The number of nitrogens with zero attached hydrogens (tertiary/aromatic N) is 6. The smallest absolute Gasteiger partial charge is 0.331 e. The third kappa shape index (κ3) is 4.87. The van der Waals surface area contributed by atoms with Gasteiger partial charge in [0.25, 0.3) is 5.56 Å². The fraction of sp³-hybridized carbons (Fsp3) is 0.409. The van der Waals surface area contributed by atoms with Crippen molar-refractivity contribution in [3.8, 4) is 5.75 Å². The normalized spacial score (nSPS) is 15.9. The van der Waals surface area contributed by atoms with Gasteiger partial charge in [0.15, 0.2) is 0 Å². The lowest BCUT2D eigenvalue weighted by Crippen LogP contribution is -2.40. The Hall–Kier alpha value is -3.73. The summed E-state index contributed by atoms with van der Waals surface area (Å²) in [5.41, 5.74) is 0.540. The van der Waals surface area contributed by atoms with Gasteiger partial charge in [-0.15, -0.1) is 5.10 Å². The maximum atomic E-state index is 13.0. The molecule has 0 aliphatic carbocycles. The SMILES string of the molecule is COCCCn1cc(COc2ccc(N3CCC(n4ccc(=O)n(C)c4=O)C3=O)cc2)nn1. The van der Waals surface area contributed by atoms with Crippen LogP contribution in [0.1, 0.15) is 24.6 Å². The molecule has 1 fully saturated rings. The van der Waals surface area contributed by atoms with Gasteiger partial charge in [-0.3, -0.25) is 23.4 Å². The molecule has 174 valence electrons. The molecule has 0 saturated carbocycles. The number of aryl methyl sites for hydroxylation is 1. The van der Waals surface area contributed by atoms with Gasteiger partial charge in [-0.25, -0.2) is 4.79 Å². The quantitative estimate of drug-likeness (QED) is 0.438. The lowest BCUT2D eigenvalue weighted by atomic mass is 10.2. The Morgan fingerprint density at radius 2 is 1.91 bits per heavy atom. The highest BCUT2D eigenvalue weighted by Crippen LogP contribution is 2.29. The summed E-state index contributed by atoms with van der Waals surface area (Å²) < 4.78 is 14.9. The number of rotatable bonds is 9. The predicted molar refractivity (Wildman–Crippen MR) is 119 cm³/mol. The molecule has 0 spiro atoms. The summed E-state index contributed by atoms with van der Waals surface area (Å²) in [6.07, 6.45) is 4.57. The van der Waals surface area contributed by atoms with Crippen LogP contribution in [0.5, 0.6) is 5.75 Å². The summed E-state index contributed by atoms with van der Waals surface area (Å²) in [6, 6.07) is 7.85. The lowest BCUT2D eigenvalue weighted by Gasteiger charge is -2.18. The minimum atomic E-state index is -0.633. The molecule has 1 aliphatic rings. The molecular formula is C22H26N6O5. The second-order valence-corrected chi connectivity index (χ2v) is 7.80. The second-order valence-electron chi connectivity index (χ2n) is 7.80. The minimum absolute atomic E-state index is 0.186. The zero-order chi connectivity index (χ0) is 23.4. The van der Waals surface area contributed by atoms with Crippen LogP contribution in [0.4, 0.5) is 5.69 Å². The van der Waals surface area contributed by atoms with Crippen molar-refractivity contribution in [3.05, 3.63) is 69.3 Å². The van der Waals surface area contributed by atoms with Crippen LogP contribution >= 0.6 is 0 Å². The highest BCUT2D eigenvalue weighted by molar-refractivity contribution is 5.98. The number of anilines is 1. The molecular weight excluding hydrogens is 428 g/mol. The number of amides is 1. The molecule has 0 N–H and O–H groups in total. The van der Waals surface area contributed by atoms with Crippen LogP contribution in [0.2, 0.25) is 0 Å². The number of ether oxygens (including phenoxy) is 2. The number of hydrogen-bond acceptors (Lipinski definition) is 7. The van der Waals surface area contributed by atoms with Crippen molar-refractivity contribution >= 4 is 11.6 Å². The van der Waals surface area contributed by atoms with Crippen molar-refractivity contribution in [2.24, 2.45) is 7.05 Å². The predicted octanol–water partition coefficient (Wildman–Crippen LogP) is 0.732. The molecule has 33 heavy (non-hydrogen) atoms. The first-order valence-corrected chi connectivity index (χ1v) is 10.7. The van der Waals surface area contributed by atoms with Crippen LogP contribution in [0.25, 0.3) is 0 Å². The number of benzene rings is 1. The van der Waals surface area contributed by atoms with Crippen molar-refractivity contribution in [2.75, 3.05) is 25.2 Å². The molecule has 1 atom stereocenters. The first kappa shape index (κ1) is 22.5. The van der Waals surface area contributed by atoms with Crippen LogP contribution in [0, 0.1) is 0 Å². The number of hydrogen-bond donors (Lipinski definition) is 0. The van der Waals surface area contributed by atoms with Gasteiger partial charge in [-0.2, -0.15) is 0 Å². The molecule has 4 rings (SSSR count). The second kappa shape index (κ2) is 9.82. The van der Waals surface area contributed by atoms with Gasteiger partial charge in [0.1, 0.15) is 24.1 Å². The van der Waals surface area contributed by atoms with Gasteiger partial charge in [0, 0.05) is 51.8 Å². The summed E-state index contributed by atoms with van der Waals surface area (Å²) >= 11 is 0. The Kier molecular flexibility index (Phi) is 6.68. The molecule has 0 bridgehead atoms. The van der Waals surface area contributed by atoms with E-state index < -0.39 is 17.3 Å². The summed E-state index contributed by atoms with van der Waals surface area (Å²) in [5, 5.41) is 8.17. The van der Waals surface area contributed by atoms with Crippen molar-refractivity contribution in [3.63, 3.8) is 0 Å². The average Bonchev–Trinajstić information content (AvgIpc) is 3.43. The molecule has 2 aromatic heterocycles. The van der Waals surface area contributed by atoms with E-state index in [4.69, 9.17) is 9.47 Å². The van der Waals surface area contributed by atoms with Crippen LogP contribution in [-0.2, 0) is 29.7 Å². The molecule has 0 radical (unpaired) electrons. The summed E-state index contributed by atoms with van der Waals surface area (Å²) in [6.45, 7) is 2.15. The van der Waals surface area contributed by atoms with E-state index in [0.717, 1.165) is 28.9 Å². The first-order valence-electron chi connectivity index (χ1n) is 10.7. The third-order valence-electron chi connectivity index (χ3n) is 5.59. The largest absolute Gasteiger partial charge is 0.487 e. The van der Waals surface area contributed by atoms with E-state index in [1.807, 2.05) is 6.20 Å². The summed E-state index contributed by atoms with van der Waals surface area (Å²) in [7, 11) is 3.07. The van der Waals surface area contributed by atoms with Crippen LogP contribution in [-0.4, -0.2) is 50.3 Å². The zero-order valence-corrected chi connectivity index (χ0v) is 18.6. The number of carbonyl (C=O) groups is 1. The molecule has 1 aliphatic heterocycles. The Balaban J connectivity index is 1.37. The van der Waals surface area contributed by atoms with Crippen molar-refractivity contribution < 1.29 is 14.3 Å². The summed E-state index contributed by atoms with van der Waals surface area (Å²) in [5.74, 6) is 0.458. The van der Waals surface area contributed by atoms with Crippen molar-refractivity contribution in [2.45, 2.75) is 32.0 Å². The summed E-state index contributed by atoms with van der Waals surface area (Å²) in [4.78, 5) is 38.6. The van der Waals surface area contributed by atoms with Crippen LogP contribution in [0.15, 0.2) is 52.3 Å². The Labute approximate surface area is 189 Å². The molecule has 3 heterocycles. The third-order valence-corrected chi connectivity index (χ3v) is 5.59. The number of aromatic nitrogens is 5. The van der Waals surface area contributed by atoms with E-state index in [0.29, 0.717) is 25.3 Å². The topological polar surface area (TPSA) is 113 Å². The fourth-order valence-electron chi connectivity index (χ4n) is 3.77. The van der Waals surface area contributed by atoms with Gasteiger partial charge >= 0.3 is 5.69 Å².